The predicted molar refractivity (Wildman–Crippen MR) is 74.6 cm³/mol. The summed E-state index contributed by atoms with van der Waals surface area (Å²) in [6, 6.07) is 4.94. The molecular weight excluding hydrogens is 283 g/mol. The topological polar surface area (TPSA) is 67.5 Å². The first-order valence-electron chi connectivity index (χ1n) is 6.45. The fourth-order valence-corrected chi connectivity index (χ4v) is 1.63. The minimum Gasteiger partial charge on any atom is -0.370 e. The number of aliphatic imine (C=N–C) groups is 1. The molecule has 0 atom stereocenters. The SMILES string of the molecule is CC(C)CN=C(N)NC(=O)Cc1ccccc1C(F)(F)F. The van der Waals surface area contributed by atoms with Gasteiger partial charge in [-0.3, -0.25) is 15.1 Å². The van der Waals surface area contributed by atoms with Crippen molar-refractivity contribution in [2.75, 3.05) is 6.54 Å². The average Bonchev–Trinajstić information content (AvgIpc) is 2.35. The van der Waals surface area contributed by atoms with Gasteiger partial charge in [-0.25, -0.2) is 0 Å². The number of nitrogens with one attached hydrogen (secondary N) is 1. The van der Waals surface area contributed by atoms with E-state index in [9.17, 15) is 18.0 Å². The summed E-state index contributed by atoms with van der Waals surface area (Å²) in [5.74, 6) is -0.443. The van der Waals surface area contributed by atoms with Crippen LogP contribution in [0.25, 0.3) is 0 Å². The quantitative estimate of drug-likeness (QED) is 0.662. The Morgan fingerprint density at radius 1 is 1.33 bits per heavy atom. The van der Waals surface area contributed by atoms with E-state index < -0.39 is 24.1 Å². The lowest BCUT2D eigenvalue weighted by Crippen LogP contribution is -2.38. The number of halogens is 3. The molecule has 1 amide bonds. The van der Waals surface area contributed by atoms with E-state index in [2.05, 4.69) is 10.3 Å². The van der Waals surface area contributed by atoms with Gasteiger partial charge in [0, 0.05) is 6.54 Å². The maximum absolute atomic E-state index is 12.8. The van der Waals surface area contributed by atoms with Gasteiger partial charge in [0.15, 0.2) is 5.96 Å². The van der Waals surface area contributed by atoms with Gasteiger partial charge in [-0.2, -0.15) is 13.2 Å². The Labute approximate surface area is 121 Å². The second-order valence-electron chi connectivity index (χ2n) is 5.00. The van der Waals surface area contributed by atoms with Gasteiger partial charge in [-0.1, -0.05) is 32.0 Å². The summed E-state index contributed by atoms with van der Waals surface area (Å²) in [6.45, 7) is 4.29. The molecule has 0 aromatic heterocycles. The molecule has 0 bridgehead atoms. The van der Waals surface area contributed by atoms with Crippen molar-refractivity contribution >= 4 is 11.9 Å². The Balaban J connectivity index is 2.74. The monoisotopic (exact) mass is 301 g/mol. The molecule has 0 fully saturated rings. The summed E-state index contributed by atoms with van der Waals surface area (Å²) in [5, 5.41) is 2.28. The molecule has 1 rings (SSSR count). The molecule has 0 saturated carbocycles. The summed E-state index contributed by atoms with van der Waals surface area (Å²) in [7, 11) is 0. The molecule has 0 aliphatic rings. The fraction of sp³-hybridized carbons (Fsp3) is 0.429. The first-order chi connectivity index (χ1) is 9.70. The number of alkyl halides is 3. The van der Waals surface area contributed by atoms with Gasteiger partial charge in [0.1, 0.15) is 0 Å². The van der Waals surface area contributed by atoms with E-state index in [0.717, 1.165) is 6.07 Å². The van der Waals surface area contributed by atoms with E-state index in [1.807, 2.05) is 13.8 Å². The molecule has 0 heterocycles. The molecule has 7 heteroatoms. The zero-order chi connectivity index (χ0) is 16.0. The van der Waals surface area contributed by atoms with Crippen LogP contribution in [0, 0.1) is 5.92 Å². The fourth-order valence-electron chi connectivity index (χ4n) is 1.63. The molecule has 1 aromatic rings. The number of carbonyl (C=O) groups excluding carboxylic acids is 1. The molecule has 0 aliphatic carbocycles. The third-order valence-electron chi connectivity index (χ3n) is 2.57. The standard InChI is InChI=1S/C14H18F3N3O/c1-9(2)8-19-13(18)20-12(21)7-10-5-3-4-6-11(10)14(15,16)17/h3-6,9H,7-8H2,1-2H3,(H3,18,19,20,21). The first kappa shape index (κ1) is 17.0. The number of hydrogen-bond acceptors (Lipinski definition) is 2. The minimum absolute atomic E-state index is 0.0850. The molecule has 4 nitrogen and oxygen atoms in total. The average molecular weight is 301 g/mol. The zero-order valence-electron chi connectivity index (χ0n) is 11.9. The van der Waals surface area contributed by atoms with E-state index in [4.69, 9.17) is 5.73 Å². The van der Waals surface area contributed by atoms with Crippen LogP contribution in [0.2, 0.25) is 0 Å². The zero-order valence-corrected chi connectivity index (χ0v) is 11.9. The van der Waals surface area contributed by atoms with Crippen LogP contribution in [0.1, 0.15) is 25.0 Å². The molecule has 0 radical (unpaired) electrons. The summed E-state index contributed by atoms with van der Waals surface area (Å²) >= 11 is 0. The number of amides is 1. The lowest BCUT2D eigenvalue weighted by molar-refractivity contribution is -0.138. The molecule has 116 valence electrons. The summed E-state index contributed by atoms with van der Waals surface area (Å²) in [4.78, 5) is 15.6. The number of rotatable bonds is 4. The van der Waals surface area contributed by atoms with Gasteiger partial charge in [0.2, 0.25) is 5.91 Å². The van der Waals surface area contributed by atoms with Crippen LogP contribution < -0.4 is 11.1 Å². The second kappa shape index (κ2) is 7.10. The van der Waals surface area contributed by atoms with Gasteiger partial charge in [-0.05, 0) is 17.5 Å². The molecule has 0 saturated heterocycles. The Bertz CT molecular complexity index is 524. The number of hydrogen-bond donors (Lipinski definition) is 2. The highest BCUT2D eigenvalue weighted by Gasteiger charge is 2.33. The molecule has 0 aliphatic heterocycles. The molecule has 3 N–H and O–H groups in total. The Morgan fingerprint density at radius 2 is 1.95 bits per heavy atom. The van der Waals surface area contributed by atoms with Crippen LogP contribution in [-0.4, -0.2) is 18.4 Å². The smallest absolute Gasteiger partial charge is 0.370 e. The van der Waals surface area contributed by atoms with Gasteiger partial charge >= 0.3 is 6.18 Å². The van der Waals surface area contributed by atoms with Crippen LogP contribution in [0.4, 0.5) is 13.2 Å². The molecule has 0 spiro atoms. The van der Waals surface area contributed by atoms with Crippen molar-refractivity contribution in [1.29, 1.82) is 0 Å². The lowest BCUT2D eigenvalue weighted by Gasteiger charge is -2.12. The van der Waals surface area contributed by atoms with Crippen molar-refractivity contribution in [1.82, 2.24) is 5.32 Å². The van der Waals surface area contributed by atoms with E-state index in [1.165, 1.54) is 18.2 Å². The van der Waals surface area contributed by atoms with Crippen LogP contribution in [0.5, 0.6) is 0 Å². The van der Waals surface area contributed by atoms with Crippen LogP contribution >= 0.6 is 0 Å². The maximum atomic E-state index is 12.8. The highest BCUT2D eigenvalue weighted by Crippen LogP contribution is 2.31. The lowest BCUT2D eigenvalue weighted by atomic mass is 10.0. The largest absolute Gasteiger partial charge is 0.416 e. The van der Waals surface area contributed by atoms with E-state index in [-0.39, 0.29) is 17.4 Å². The van der Waals surface area contributed by atoms with Crippen LogP contribution in [0.3, 0.4) is 0 Å². The normalized spacial score (nSPS) is 12.6. The second-order valence-corrected chi connectivity index (χ2v) is 5.00. The maximum Gasteiger partial charge on any atom is 0.416 e. The Kier molecular flexibility index (Phi) is 5.75. The van der Waals surface area contributed by atoms with Crippen molar-refractivity contribution in [3.8, 4) is 0 Å². The Morgan fingerprint density at radius 3 is 2.52 bits per heavy atom. The van der Waals surface area contributed by atoms with E-state index >= 15 is 0 Å². The van der Waals surface area contributed by atoms with Gasteiger partial charge < -0.3 is 5.73 Å². The van der Waals surface area contributed by atoms with Crippen molar-refractivity contribution in [3.05, 3.63) is 35.4 Å². The molecule has 1 aromatic carbocycles. The Hall–Kier alpha value is -2.05. The van der Waals surface area contributed by atoms with Gasteiger partial charge in [-0.15, -0.1) is 0 Å². The van der Waals surface area contributed by atoms with E-state index in [1.54, 1.807) is 0 Å². The summed E-state index contributed by atoms with van der Waals surface area (Å²) < 4.78 is 38.4. The molecular formula is C14H18F3N3O. The predicted octanol–water partition coefficient (Wildman–Crippen LogP) is 2.33. The van der Waals surface area contributed by atoms with Gasteiger partial charge in [0.25, 0.3) is 0 Å². The summed E-state index contributed by atoms with van der Waals surface area (Å²) in [5.41, 5.74) is 4.58. The van der Waals surface area contributed by atoms with Crippen LogP contribution in [0.15, 0.2) is 29.3 Å². The van der Waals surface area contributed by atoms with Crippen molar-refractivity contribution in [3.63, 3.8) is 0 Å². The number of benzene rings is 1. The summed E-state index contributed by atoms with van der Waals surface area (Å²) in [6.07, 6.45) is -4.90. The van der Waals surface area contributed by atoms with Crippen molar-refractivity contribution < 1.29 is 18.0 Å². The molecule has 0 unspecified atom stereocenters. The van der Waals surface area contributed by atoms with Gasteiger partial charge in [0.05, 0.1) is 12.0 Å². The van der Waals surface area contributed by atoms with Crippen molar-refractivity contribution in [2.24, 2.45) is 16.6 Å². The number of nitrogens with zero attached hydrogens (tertiary/aromatic N) is 1. The van der Waals surface area contributed by atoms with E-state index in [0.29, 0.717) is 6.54 Å². The number of nitrogens with two attached hydrogens (primary N) is 1. The minimum atomic E-state index is -4.49. The van der Waals surface area contributed by atoms with Crippen LogP contribution in [-0.2, 0) is 17.4 Å². The highest BCUT2D eigenvalue weighted by atomic mass is 19.4. The highest BCUT2D eigenvalue weighted by molar-refractivity contribution is 5.97. The number of guanidine groups is 1. The molecule has 21 heavy (non-hydrogen) atoms. The number of carbonyl (C=O) groups is 1. The first-order valence-corrected chi connectivity index (χ1v) is 6.45. The third-order valence-corrected chi connectivity index (χ3v) is 2.57. The van der Waals surface area contributed by atoms with Crippen molar-refractivity contribution in [2.45, 2.75) is 26.4 Å². The third kappa shape index (κ3) is 5.85.